The number of piperidine rings is 1. The standard InChI is InChI=1S/C14H16FNO3/c1-10(19-13-4-2-11(15)3-5-13)14(18)16-8-6-12(17)7-9-16/h2-5,10H,6-9H2,1H3. The number of hydrogen-bond acceptors (Lipinski definition) is 3. The molecule has 0 spiro atoms. The summed E-state index contributed by atoms with van der Waals surface area (Å²) >= 11 is 0. The van der Waals surface area contributed by atoms with Gasteiger partial charge < -0.3 is 9.64 Å². The van der Waals surface area contributed by atoms with Gasteiger partial charge in [0.05, 0.1) is 0 Å². The van der Waals surface area contributed by atoms with E-state index in [1.54, 1.807) is 11.8 Å². The first-order chi connectivity index (χ1) is 9.06. The maximum atomic E-state index is 12.7. The van der Waals surface area contributed by atoms with Crippen molar-refractivity contribution in [2.24, 2.45) is 0 Å². The van der Waals surface area contributed by atoms with Crippen molar-refractivity contribution >= 4 is 11.7 Å². The maximum absolute atomic E-state index is 12.7. The Bertz CT molecular complexity index is 462. The van der Waals surface area contributed by atoms with Crippen molar-refractivity contribution < 1.29 is 18.7 Å². The molecule has 1 aliphatic heterocycles. The molecule has 1 heterocycles. The van der Waals surface area contributed by atoms with Gasteiger partial charge in [0.1, 0.15) is 17.3 Å². The lowest BCUT2D eigenvalue weighted by Crippen LogP contribution is -2.44. The predicted octanol–water partition coefficient (Wildman–Crippen LogP) is 1.78. The SMILES string of the molecule is CC(Oc1ccc(F)cc1)C(=O)N1CCC(=O)CC1. The minimum Gasteiger partial charge on any atom is -0.481 e. The number of likely N-dealkylation sites (tertiary alicyclic amines) is 1. The number of benzene rings is 1. The number of ketones is 1. The van der Waals surface area contributed by atoms with Crippen molar-refractivity contribution in [3.05, 3.63) is 30.1 Å². The van der Waals surface area contributed by atoms with Gasteiger partial charge >= 0.3 is 0 Å². The molecule has 0 aromatic heterocycles. The van der Waals surface area contributed by atoms with Gasteiger partial charge in [-0.1, -0.05) is 0 Å². The molecule has 1 unspecified atom stereocenters. The van der Waals surface area contributed by atoms with Gasteiger partial charge in [-0.3, -0.25) is 9.59 Å². The second kappa shape index (κ2) is 5.82. The van der Waals surface area contributed by atoms with Gasteiger partial charge in [0.25, 0.3) is 5.91 Å². The van der Waals surface area contributed by atoms with E-state index in [0.717, 1.165) is 0 Å². The Morgan fingerprint density at radius 1 is 1.26 bits per heavy atom. The minimum atomic E-state index is -0.640. The summed E-state index contributed by atoms with van der Waals surface area (Å²) in [5.74, 6) is 0.157. The van der Waals surface area contributed by atoms with Crippen molar-refractivity contribution in [2.45, 2.75) is 25.9 Å². The van der Waals surface area contributed by atoms with Gasteiger partial charge in [-0.15, -0.1) is 0 Å². The highest BCUT2D eigenvalue weighted by molar-refractivity contribution is 5.85. The number of hydrogen-bond donors (Lipinski definition) is 0. The van der Waals surface area contributed by atoms with Crippen LogP contribution in [0.4, 0.5) is 4.39 Å². The molecule has 1 aliphatic rings. The Balaban J connectivity index is 1.92. The average molecular weight is 265 g/mol. The van der Waals surface area contributed by atoms with Crippen LogP contribution >= 0.6 is 0 Å². The average Bonchev–Trinajstić information content (AvgIpc) is 2.41. The Morgan fingerprint density at radius 3 is 2.42 bits per heavy atom. The van der Waals surface area contributed by atoms with E-state index in [0.29, 0.717) is 31.7 Å². The van der Waals surface area contributed by atoms with Crippen LogP contribution in [-0.4, -0.2) is 35.8 Å². The molecule has 5 heteroatoms. The van der Waals surface area contributed by atoms with Gasteiger partial charge in [0, 0.05) is 25.9 Å². The number of carbonyl (C=O) groups is 2. The van der Waals surface area contributed by atoms with Crippen LogP contribution in [0.2, 0.25) is 0 Å². The second-order valence-corrected chi connectivity index (χ2v) is 4.58. The maximum Gasteiger partial charge on any atom is 0.263 e. The summed E-state index contributed by atoms with van der Waals surface area (Å²) < 4.78 is 18.2. The number of amides is 1. The number of Topliss-reactive ketones (excluding diaryl/α,β-unsaturated/α-hetero) is 1. The third-order valence-corrected chi connectivity index (χ3v) is 3.11. The zero-order valence-corrected chi connectivity index (χ0v) is 10.8. The summed E-state index contributed by atoms with van der Waals surface area (Å²) in [6.45, 7) is 2.56. The third-order valence-electron chi connectivity index (χ3n) is 3.11. The quantitative estimate of drug-likeness (QED) is 0.837. The molecule has 0 N–H and O–H groups in total. The lowest BCUT2D eigenvalue weighted by molar-refractivity contribution is -0.140. The van der Waals surface area contributed by atoms with Crippen LogP contribution in [0.3, 0.4) is 0 Å². The van der Waals surface area contributed by atoms with Gasteiger partial charge in [-0.25, -0.2) is 4.39 Å². The Kier molecular flexibility index (Phi) is 4.14. The monoisotopic (exact) mass is 265 g/mol. The van der Waals surface area contributed by atoms with Crippen LogP contribution in [0.15, 0.2) is 24.3 Å². The minimum absolute atomic E-state index is 0.142. The molecule has 102 valence electrons. The van der Waals surface area contributed by atoms with E-state index < -0.39 is 6.10 Å². The van der Waals surface area contributed by atoms with E-state index in [1.165, 1.54) is 24.3 Å². The molecule has 1 saturated heterocycles. The fourth-order valence-corrected chi connectivity index (χ4v) is 2.00. The highest BCUT2D eigenvalue weighted by atomic mass is 19.1. The molecular weight excluding hydrogens is 249 g/mol. The van der Waals surface area contributed by atoms with E-state index in [2.05, 4.69) is 0 Å². The normalized spacial score (nSPS) is 17.2. The number of halogens is 1. The van der Waals surface area contributed by atoms with Crippen molar-refractivity contribution in [3.8, 4) is 5.75 Å². The third kappa shape index (κ3) is 3.53. The molecule has 0 saturated carbocycles. The predicted molar refractivity (Wildman–Crippen MR) is 67.3 cm³/mol. The fourth-order valence-electron chi connectivity index (χ4n) is 2.00. The summed E-state index contributed by atoms with van der Waals surface area (Å²) in [4.78, 5) is 24.8. The molecule has 1 atom stereocenters. The largest absolute Gasteiger partial charge is 0.481 e. The molecular formula is C14H16FNO3. The molecule has 1 fully saturated rings. The number of rotatable bonds is 3. The van der Waals surface area contributed by atoms with Crippen molar-refractivity contribution in [3.63, 3.8) is 0 Å². The van der Waals surface area contributed by atoms with Crippen molar-refractivity contribution in [1.82, 2.24) is 4.90 Å². The first-order valence-corrected chi connectivity index (χ1v) is 6.29. The summed E-state index contributed by atoms with van der Waals surface area (Å²) in [7, 11) is 0. The molecule has 0 radical (unpaired) electrons. The highest BCUT2D eigenvalue weighted by Crippen LogP contribution is 2.15. The first-order valence-electron chi connectivity index (χ1n) is 6.29. The zero-order valence-electron chi connectivity index (χ0n) is 10.8. The highest BCUT2D eigenvalue weighted by Gasteiger charge is 2.25. The molecule has 19 heavy (non-hydrogen) atoms. The molecule has 1 aromatic carbocycles. The molecule has 0 bridgehead atoms. The van der Waals surface area contributed by atoms with E-state index in [1.807, 2.05) is 0 Å². The van der Waals surface area contributed by atoms with Gasteiger partial charge in [0.2, 0.25) is 0 Å². The summed E-state index contributed by atoms with van der Waals surface area (Å²) in [6, 6.07) is 5.54. The van der Waals surface area contributed by atoms with Crippen LogP contribution < -0.4 is 4.74 Å². The molecule has 4 nitrogen and oxygen atoms in total. The second-order valence-electron chi connectivity index (χ2n) is 4.58. The summed E-state index contributed by atoms with van der Waals surface area (Å²) in [6.07, 6.45) is 0.183. The Labute approximate surface area is 111 Å². The Morgan fingerprint density at radius 2 is 1.84 bits per heavy atom. The van der Waals surface area contributed by atoms with E-state index >= 15 is 0 Å². The lowest BCUT2D eigenvalue weighted by Gasteiger charge is -2.28. The van der Waals surface area contributed by atoms with Crippen molar-refractivity contribution in [2.75, 3.05) is 13.1 Å². The molecule has 1 amide bonds. The first kappa shape index (κ1) is 13.5. The summed E-state index contributed by atoms with van der Waals surface area (Å²) in [5, 5.41) is 0. The van der Waals surface area contributed by atoms with E-state index in [9.17, 15) is 14.0 Å². The molecule has 1 aromatic rings. The summed E-state index contributed by atoms with van der Waals surface area (Å²) in [5.41, 5.74) is 0. The Hall–Kier alpha value is -1.91. The van der Waals surface area contributed by atoms with Crippen LogP contribution in [0.25, 0.3) is 0 Å². The van der Waals surface area contributed by atoms with Crippen LogP contribution in [0, 0.1) is 5.82 Å². The number of nitrogens with zero attached hydrogens (tertiary/aromatic N) is 1. The molecule has 2 rings (SSSR count). The zero-order chi connectivity index (χ0) is 13.8. The van der Waals surface area contributed by atoms with E-state index in [4.69, 9.17) is 4.74 Å². The van der Waals surface area contributed by atoms with Crippen LogP contribution in [-0.2, 0) is 9.59 Å². The van der Waals surface area contributed by atoms with Gasteiger partial charge in [0.15, 0.2) is 6.10 Å². The number of ether oxygens (including phenoxy) is 1. The van der Waals surface area contributed by atoms with Crippen molar-refractivity contribution in [1.29, 1.82) is 0 Å². The van der Waals surface area contributed by atoms with Crippen LogP contribution in [0.5, 0.6) is 5.75 Å². The van der Waals surface area contributed by atoms with Gasteiger partial charge in [-0.2, -0.15) is 0 Å². The smallest absolute Gasteiger partial charge is 0.263 e. The van der Waals surface area contributed by atoms with Crippen LogP contribution in [0.1, 0.15) is 19.8 Å². The lowest BCUT2D eigenvalue weighted by atomic mass is 10.1. The topological polar surface area (TPSA) is 46.6 Å². The van der Waals surface area contributed by atoms with Gasteiger partial charge in [-0.05, 0) is 31.2 Å². The van der Waals surface area contributed by atoms with E-state index in [-0.39, 0.29) is 17.5 Å². The fraction of sp³-hybridized carbons (Fsp3) is 0.429. The number of carbonyl (C=O) groups excluding carboxylic acids is 2. The molecule has 0 aliphatic carbocycles.